The summed E-state index contributed by atoms with van der Waals surface area (Å²) in [5, 5.41) is 3.85. The van der Waals surface area contributed by atoms with Crippen LogP contribution in [0, 0.1) is 0 Å². The normalized spacial score (nSPS) is 18.2. The molecule has 7 nitrogen and oxygen atoms in total. The van der Waals surface area contributed by atoms with Gasteiger partial charge in [0.05, 0.1) is 10.2 Å². The molecule has 2 aliphatic heterocycles. The average Bonchev–Trinajstić information content (AvgIpc) is 3.41. The van der Waals surface area contributed by atoms with Gasteiger partial charge in [0, 0.05) is 71.5 Å². The second-order valence-corrected chi connectivity index (χ2v) is 9.31. The van der Waals surface area contributed by atoms with E-state index in [0.29, 0.717) is 30.3 Å². The van der Waals surface area contributed by atoms with Crippen LogP contribution in [-0.4, -0.2) is 54.0 Å². The van der Waals surface area contributed by atoms with Gasteiger partial charge in [-0.3, -0.25) is 14.6 Å². The number of ether oxygens (including phenoxy) is 1. The number of pyridine rings is 1. The van der Waals surface area contributed by atoms with E-state index in [2.05, 4.69) is 10.3 Å². The van der Waals surface area contributed by atoms with Gasteiger partial charge in [-0.2, -0.15) is 0 Å². The van der Waals surface area contributed by atoms with Crippen molar-refractivity contribution in [3.05, 3.63) is 52.0 Å². The summed E-state index contributed by atoms with van der Waals surface area (Å²) >= 11 is 7.97. The maximum atomic E-state index is 13.0. The zero-order valence-electron chi connectivity index (χ0n) is 17.1. The Morgan fingerprint density at radius 2 is 2.06 bits per heavy atom. The molecule has 3 aromatic rings. The molecule has 0 saturated carbocycles. The molecular weight excluding hydrogens is 448 g/mol. The Morgan fingerprint density at radius 1 is 1.25 bits per heavy atom. The fourth-order valence-corrected chi connectivity index (χ4v) is 5.45. The smallest absolute Gasteiger partial charge is 0.264 e. The minimum absolute atomic E-state index is 0.0136. The van der Waals surface area contributed by atoms with Crippen molar-refractivity contribution >= 4 is 51.0 Å². The number of carbonyl (C=O) groups is 2. The molecule has 3 N–H and O–H groups in total. The van der Waals surface area contributed by atoms with Gasteiger partial charge in [0.1, 0.15) is 5.75 Å². The molecule has 2 aliphatic rings. The molecule has 1 fully saturated rings. The number of hydrogen-bond donors (Lipinski definition) is 2. The number of benzene rings is 1. The van der Waals surface area contributed by atoms with E-state index < -0.39 is 12.0 Å². The molecule has 164 valence electrons. The highest BCUT2D eigenvalue weighted by molar-refractivity contribution is 7.20. The van der Waals surface area contributed by atoms with Crippen LogP contribution in [0.3, 0.4) is 0 Å². The lowest BCUT2D eigenvalue weighted by Gasteiger charge is -2.29. The molecule has 1 aromatic carbocycles. The molecule has 32 heavy (non-hydrogen) atoms. The Morgan fingerprint density at radius 3 is 2.84 bits per heavy atom. The van der Waals surface area contributed by atoms with Crippen molar-refractivity contribution in [3.63, 3.8) is 0 Å². The van der Waals surface area contributed by atoms with E-state index in [1.807, 2.05) is 29.2 Å². The minimum atomic E-state index is -0.546. The Bertz CT molecular complexity index is 1250. The van der Waals surface area contributed by atoms with E-state index in [1.54, 1.807) is 12.3 Å². The van der Waals surface area contributed by atoms with Crippen LogP contribution in [0.5, 0.6) is 5.75 Å². The largest absolute Gasteiger partial charge is 0.479 e. The molecule has 0 aliphatic carbocycles. The standard InChI is InChI=1S/C23H21ClN4O3S/c24-14-9-13-10-19(23(30)28-7-5-26-6-8-28)31-21(13)17(11-14)16-3-4-27-18-12-15(32-22(16)18)1-2-20(25)29/h1-4,9,11-12,19,26H,5-8,10H2,(H2,25,29)/t19-/m1/s1. The van der Waals surface area contributed by atoms with Crippen LogP contribution in [0.2, 0.25) is 5.02 Å². The minimum Gasteiger partial charge on any atom is -0.479 e. The molecule has 2 amide bonds. The number of rotatable bonds is 4. The zero-order chi connectivity index (χ0) is 22.2. The molecule has 0 unspecified atom stereocenters. The maximum absolute atomic E-state index is 13.0. The summed E-state index contributed by atoms with van der Waals surface area (Å²) in [6, 6.07) is 7.57. The van der Waals surface area contributed by atoms with Gasteiger partial charge in [0.2, 0.25) is 5.91 Å². The highest BCUT2D eigenvalue weighted by atomic mass is 35.5. The van der Waals surface area contributed by atoms with Crippen LogP contribution >= 0.6 is 22.9 Å². The Labute approximate surface area is 193 Å². The Balaban J connectivity index is 1.52. The average molecular weight is 469 g/mol. The van der Waals surface area contributed by atoms with Gasteiger partial charge in [-0.25, -0.2) is 0 Å². The number of fused-ring (bicyclic) bond motifs is 2. The van der Waals surface area contributed by atoms with Crippen molar-refractivity contribution in [1.82, 2.24) is 15.2 Å². The van der Waals surface area contributed by atoms with Gasteiger partial charge < -0.3 is 20.7 Å². The number of halogens is 1. The van der Waals surface area contributed by atoms with Gasteiger partial charge in [-0.15, -0.1) is 11.3 Å². The van der Waals surface area contributed by atoms with Crippen molar-refractivity contribution in [3.8, 4) is 16.9 Å². The molecule has 1 saturated heterocycles. The number of primary amides is 1. The van der Waals surface area contributed by atoms with Gasteiger partial charge in [-0.05, 0) is 30.3 Å². The van der Waals surface area contributed by atoms with Crippen LogP contribution in [0.4, 0.5) is 0 Å². The number of thiophene rings is 1. The van der Waals surface area contributed by atoms with E-state index in [4.69, 9.17) is 22.1 Å². The highest BCUT2D eigenvalue weighted by Crippen LogP contribution is 2.44. The van der Waals surface area contributed by atoms with Crippen LogP contribution in [-0.2, 0) is 16.0 Å². The van der Waals surface area contributed by atoms with Crippen LogP contribution in [0.25, 0.3) is 27.4 Å². The van der Waals surface area contributed by atoms with Gasteiger partial charge in [-0.1, -0.05) is 11.6 Å². The molecule has 5 rings (SSSR count). The first-order chi connectivity index (χ1) is 15.5. The Kier molecular flexibility index (Phi) is 5.58. The van der Waals surface area contributed by atoms with E-state index >= 15 is 0 Å². The number of amides is 2. The predicted molar refractivity (Wildman–Crippen MR) is 126 cm³/mol. The summed E-state index contributed by atoms with van der Waals surface area (Å²) in [5.41, 5.74) is 8.71. The third kappa shape index (κ3) is 3.97. The van der Waals surface area contributed by atoms with Crippen LogP contribution in [0.15, 0.2) is 36.5 Å². The summed E-state index contributed by atoms with van der Waals surface area (Å²) in [6.45, 7) is 2.96. The summed E-state index contributed by atoms with van der Waals surface area (Å²) < 4.78 is 7.18. The number of nitrogens with two attached hydrogens (primary N) is 1. The molecule has 2 aromatic heterocycles. The fraction of sp³-hybridized carbons (Fsp3) is 0.261. The van der Waals surface area contributed by atoms with Crippen molar-refractivity contribution in [2.45, 2.75) is 12.5 Å². The topological polar surface area (TPSA) is 97.5 Å². The second-order valence-electron chi connectivity index (χ2n) is 7.78. The lowest BCUT2D eigenvalue weighted by atomic mass is 10.0. The zero-order valence-corrected chi connectivity index (χ0v) is 18.7. The van der Waals surface area contributed by atoms with Gasteiger partial charge >= 0.3 is 0 Å². The first-order valence-corrected chi connectivity index (χ1v) is 11.5. The Hall–Kier alpha value is -2.94. The first kappa shape index (κ1) is 20.9. The van der Waals surface area contributed by atoms with E-state index in [0.717, 1.165) is 44.9 Å². The second kappa shape index (κ2) is 8.54. The molecule has 0 radical (unpaired) electrons. The van der Waals surface area contributed by atoms with E-state index in [1.165, 1.54) is 17.4 Å². The van der Waals surface area contributed by atoms with Crippen LogP contribution in [0.1, 0.15) is 10.4 Å². The fourth-order valence-electron chi connectivity index (χ4n) is 4.17. The number of nitrogens with zero attached hydrogens (tertiary/aromatic N) is 2. The summed E-state index contributed by atoms with van der Waals surface area (Å²) in [4.78, 5) is 31.3. The van der Waals surface area contributed by atoms with Crippen molar-refractivity contribution < 1.29 is 14.3 Å². The summed E-state index contributed by atoms with van der Waals surface area (Å²) in [6.07, 6.45) is 4.69. The number of piperazine rings is 1. The molecule has 0 bridgehead atoms. The molecule has 1 atom stereocenters. The summed E-state index contributed by atoms with van der Waals surface area (Å²) in [7, 11) is 0. The number of carbonyl (C=O) groups excluding carboxylic acids is 2. The third-order valence-electron chi connectivity index (χ3n) is 5.63. The number of aromatic nitrogens is 1. The van der Waals surface area contributed by atoms with Gasteiger partial charge in [0.15, 0.2) is 6.10 Å². The predicted octanol–water partition coefficient (Wildman–Crippen LogP) is 2.85. The van der Waals surface area contributed by atoms with Crippen LogP contribution < -0.4 is 15.8 Å². The monoisotopic (exact) mass is 468 g/mol. The quantitative estimate of drug-likeness (QED) is 0.574. The van der Waals surface area contributed by atoms with Crippen molar-refractivity contribution in [2.24, 2.45) is 5.73 Å². The molecular formula is C23H21ClN4O3S. The van der Waals surface area contributed by atoms with Crippen molar-refractivity contribution in [1.29, 1.82) is 0 Å². The molecule has 4 heterocycles. The van der Waals surface area contributed by atoms with Gasteiger partial charge in [0.25, 0.3) is 5.91 Å². The number of nitrogens with one attached hydrogen (secondary N) is 1. The number of hydrogen-bond acceptors (Lipinski definition) is 6. The van der Waals surface area contributed by atoms with E-state index in [-0.39, 0.29) is 5.91 Å². The van der Waals surface area contributed by atoms with E-state index in [9.17, 15) is 9.59 Å². The van der Waals surface area contributed by atoms with Crippen molar-refractivity contribution in [2.75, 3.05) is 26.2 Å². The molecule has 0 spiro atoms. The summed E-state index contributed by atoms with van der Waals surface area (Å²) in [5.74, 6) is 0.203. The lowest BCUT2D eigenvalue weighted by molar-refractivity contribution is -0.138. The third-order valence-corrected chi connectivity index (χ3v) is 6.97. The molecule has 9 heteroatoms. The lowest BCUT2D eigenvalue weighted by Crippen LogP contribution is -2.50. The SMILES string of the molecule is NC(=O)C=Cc1cc2nccc(-c3cc(Cl)cc4c3O[C@@H](C(=O)N3CCNCC3)C4)c2s1. The first-order valence-electron chi connectivity index (χ1n) is 10.3. The maximum Gasteiger partial charge on any atom is 0.264 e. The highest BCUT2D eigenvalue weighted by Gasteiger charge is 2.35.